The standard InChI is InChI=1S/C19H22BrN3O3S2/c1-14-12-15-4-2-3-5-16(15)23(14)18(24)13-21-8-10-22(11-9-21)28(25,26)19-7-6-17(20)27-19/h2-7,14H,8-13H2,1H3. The number of fused-ring (bicyclic) bond motifs is 1. The Morgan fingerprint density at radius 1 is 1.14 bits per heavy atom. The Morgan fingerprint density at radius 2 is 1.86 bits per heavy atom. The first-order chi connectivity index (χ1) is 13.4. The van der Waals surface area contributed by atoms with Crippen LogP contribution in [-0.4, -0.2) is 62.3 Å². The molecule has 28 heavy (non-hydrogen) atoms. The lowest BCUT2D eigenvalue weighted by molar-refractivity contribution is -0.120. The molecule has 6 nitrogen and oxygen atoms in total. The van der Waals surface area contributed by atoms with E-state index in [2.05, 4.69) is 28.9 Å². The number of hydrogen-bond donors (Lipinski definition) is 0. The van der Waals surface area contributed by atoms with E-state index < -0.39 is 10.0 Å². The van der Waals surface area contributed by atoms with E-state index in [4.69, 9.17) is 0 Å². The molecule has 1 aromatic heterocycles. The molecule has 1 aromatic carbocycles. The molecule has 1 saturated heterocycles. The van der Waals surface area contributed by atoms with Crippen LogP contribution in [0.4, 0.5) is 5.69 Å². The number of benzene rings is 1. The molecule has 0 spiro atoms. The first-order valence-electron chi connectivity index (χ1n) is 9.24. The number of sulfonamides is 1. The molecule has 0 N–H and O–H groups in total. The van der Waals surface area contributed by atoms with Gasteiger partial charge in [-0.1, -0.05) is 18.2 Å². The molecule has 0 radical (unpaired) electrons. The van der Waals surface area contributed by atoms with E-state index in [9.17, 15) is 13.2 Å². The highest BCUT2D eigenvalue weighted by atomic mass is 79.9. The Kier molecular flexibility index (Phi) is 5.63. The second-order valence-corrected chi connectivity index (χ2v) is 11.8. The molecule has 1 atom stereocenters. The summed E-state index contributed by atoms with van der Waals surface area (Å²) in [6.07, 6.45) is 0.879. The van der Waals surface area contributed by atoms with Gasteiger partial charge in [0.05, 0.1) is 10.3 Å². The van der Waals surface area contributed by atoms with E-state index in [0.717, 1.165) is 15.9 Å². The van der Waals surface area contributed by atoms with Crippen LogP contribution in [0.5, 0.6) is 0 Å². The summed E-state index contributed by atoms with van der Waals surface area (Å²) in [4.78, 5) is 16.9. The summed E-state index contributed by atoms with van der Waals surface area (Å²) in [6, 6.07) is 11.6. The second-order valence-electron chi connectivity index (χ2n) is 7.18. The van der Waals surface area contributed by atoms with Crippen LogP contribution in [0.2, 0.25) is 0 Å². The second kappa shape index (κ2) is 7.87. The zero-order valence-electron chi connectivity index (χ0n) is 15.5. The van der Waals surface area contributed by atoms with Gasteiger partial charge in [0, 0.05) is 37.9 Å². The Bertz CT molecular complexity index is 984. The normalized spacial score (nSPS) is 21.1. The summed E-state index contributed by atoms with van der Waals surface area (Å²) in [5.41, 5.74) is 2.21. The number of anilines is 1. The Balaban J connectivity index is 1.38. The van der Waals surface area contributed by atoms with Gasteiger partial charge in [-0.05, 0) is 53.0 Å². The van der Waals surface area contributed by atoms with Gasteiger partial charge in [0.25, 0.3) is 10.0 Å². The molecule has 2 aliphatic rings. The van der Waals surface area contributed by atoms with Crippen LogP contribution in [0.3, 0.4) is 0 Å². The molecule has 0 saturated carbocycles. The molecule has 0 bridgehead atoms. The van der Waals surface area contributed by atoms with Gasteiger partial charge in [-0.25, -0.2) is 8.42 Å². The largest absolute Gasteiger partial charge is 0.308 e. The predicted octanol–water partition coefficient (Wildman–Crippen LogP) is 2.79. The lowest BCUT2D eigenvalue weighted by atomic mass is 10.1. The van der Waals surface area contributed by atoms with Gasteiger partial charge in [-0.2, -0.15) is 4.31 Å². The Labute approximate surface area is 177 Å². The summed E-state index contributed by atoms with van der Waals surface area (Å²) in [6.45, 7) is 4.30. The highest BCUT2D eigenvalue weighted by Gasteiger charge is 2.34. The van der Waals surface area contributed by atoms with Crippen molar-refractivity contribution in [1.82, 2.24) is 9.21 Å². The molecule has 4 rings (SSSR count). The number of thiophene rings is 1. The highest BCUT2D eigenvalue weighted by Crippen LogP contribution is 2.32. The van der Waals surface area contributed by atoms with Crippen molar-refractivity contribution < 1.29 is 13.2 Å². The molecule has 1 unspecified atom stereocenters. The van der Waals surface area contributed by atoms with Crippen LogP contribution < -0.4 is 4.90 Å². The number of carbonyl (C=O) groups excluding carboxylic acids is 1. The molecule has 150 valence electrons. The maximum Gasteiger partial charge on any atom is 0.252 e. The Morgan fingerprint density at radius 3 is 2.54 bits per heavy atom. The van der Waals surface area contributed by atoms with Crippen molar-refractivity contribution in [1.29, 1.82) is 0 Å². The van der Waals surface area contributed by atoms with Crippen molar-refractivity contribution in [2.45, 2.75) is 23.6 Å². The van der Waals surface area contributed by atoms with E-state index in [1.54, 1.807) is 12.1 Å². The summed E-state index contributed by atoms with van der Waals surface area (Å²) in [5.74, 6) is 0.0796. The maximum absolute atomic E-state index is 12.9. The van der Waals surface area contributed by atoms with E-state index in [1.807, 2.05) is 28.0 Å². The number of amides is 1. The number of piperazine rings is 1. The topological polar surface area (TPSA) is 60.9 Å². The van der Waals surface area contributed by atoms with Crippen molar-refractivity contribution in [2.75, 3.05) is 37.6 Å². The zero-order chi connectivity index (χ0) is 19.9. The molecule has 0 aliphatic carbocycles. The minimum atomic E-state index is -3.46. The minimum absolute atomic E-state index is 0.0796. The molecule has 9 heteroatoms. The zero-order valence-corrected chi connectivity index (χ0v) is 18.8. The fourth-order valence-corrected chi connectivity index (χ4v) is 7.49. The number of nitrogens with zero attached hydrogens (tertiary/aromatic N) is 3. The van der Waals surface area contributed by atoms with Gasteiger partial charge in [0.1, 0.15) is 4.21 Å². The fourth-order valence-electron chi connectivity index (χ4n) is 3.90. The lowest BCUT2D eigenvalue weighted by Gasteiger charge is -2.34. The minimum Gasteiger partial charge on any atom is -0.308 e. The SMILES string of the molecule is CC1Cc2ccccc2N1C(=O)CN1CCN(S(=O)(=O)c2ccc(Br)s2)CC1. The van der Waals surface area contributed by atoms with Crippen molar-refractivity contribution >= 4 is 48.9 Å². The number of para-hydroxylation sites is 1. The lowest BCUT2D eigenvalue weighted by Crippen LogP contribution is -2.52. The van der Waals surface area contributed by atoms with E-state index in [1.165, 1.54) is 21.2 Å². The van der Waals surface area contributed by atoms with Crippen LogP contribution in [0.25, 0.3) is 0 Å². The van der Waals surface area contributed by atoms with Crippen molar-refractivity contribution in [2.24, 2.45) is 0 Å². The number of rotatable bonds is 4. The Hall–Kier alpha value is -1.26. The quantitative estimate of drug-likeness (QED) is 0.670. The van der Waals surface area contributed by atoms with Crippen LogP contribution in [0.1, 0.15) is 12.5 Å². The van der Waals surface area contributed by atoms with Gasteiger partial charge >= 0.3 is 0 Å². The van der Waals surface area contributed by atoms with Crippen LogP contribution in [-0.2, 0) is 21.2 Å². The van der Waals surface area contributed by atoms with Gasteiger partial charge in [0.15, 0.2) is 0 Å². The van der Waals surface area contributed by atoms with Gasteiger partial charge in [0.2, 0.25) is 5.91 Å². The summed E-state index contributed by atoms with van der Waals surface area (Å²) in [5, 5.41) is 0. The van der Waals surface area contributed by atoms with E-state index >= 15 is 0 Å². The molecule has 2 aromatic rings. The molecular formula is C19H22BrN3O3S2. The third-order valence-electron chi connectivity index (χ3n) is 5.31. The smallest absolute Gasteiger partial charge is 0.252 e. The summed E-state index contributed by atoms with van der Waals surface area (Å²) in [7, 11) is -3.46. The van der Waals surface area contributed by atoms with Gasteiger partial charge in [-0.3, -0.25) is 9.69 Å². The van der Waals surface area contributed by atoms with E-state index in [-0.39, 0.29) is 11.9 Å². The number of halogens is 1. The average molecular weight is 484 g/mol. The van der Waals surface area contributed by atoms with Gasteiger partial charge in [-0.15, -0.1) is 11.3 Å². The first kappa shape index (κ1) is 20.0. The predicted molar refractivity (Wildman–Crippen MR) is 114 cm³/mol. The number of carbonyl (C=O) groups is 1. The molecule has 3 heterocycles. The van der Waals surface area contributed by atoms with Crippen LogP contribution in [0, 0.1) is 0 Å². The van der Waals surface area contributed by atoms with Crippen molar-refractivity contribution in [3.63, 3.8) is 0 Å². The fraction of sp³-hybridized carbons (Fsp3) is 0.421. The van der Waals surface area contributed by atoms with Crippen molar-refractivity contribution in [3.05, 3.63) is 45.7 Å². The first-order valence-corrected chi connectivity index (χ1v) is 12.3. The summed E-state index contributed by atoms with van der Waals surface area (Å²) >= 11 is 4.54. The third kappa shape index (κ3) is 3.78. The highest BCUT2D eigenvalue weighted by molar-refractivity contribution is 9.11. The number of hydrogen-bond acceptors (Lipinski definition) is 5. The van der Waals surface area contributed by atoms with Crippen LogP contribution in [0.15, 0.2) is 44.4 Å². The third-order valence-corrected chi connectivity index (χ3v) is 9.30. The summed E-state index contributed by atoms with van der Waals surface area (Å²) < 4.78 is 28.1. The molecule has 2 aliphatic heterocycles. The molecule has 1 fully saturated rings. The molecular weight excluding hydrogens is 462 g/mol. The molecule has 1 amide bonds. The van der Waals surface area contributed by atoms with Crippen molar-refractivity contribution in [3.8, 4) is 0 Å². The maximum atomic E-state index is 12.9. The van der Waals surface area contributed by atoms with Crippen LogP contribution >= 0.6 is 27.3 Å². The average Bonchev–Trinajstić information content (AvgIpc) is 3.25. The van der Waals surface area contributed by atoms with E-state index in [0.29, 0.717) is 36.9 Å². The van der Waals surface area contributed by atoms with Gasteiger partial charge < -0.3 is 4.90 Å². The monoisotopic (exact) mass is 483 g/mol.